The molecule has 3 N–H and O–H groups in total. The first-order valence-electron chi connectivity index (χ1n) is 8.41. The molecule has 0 unspecified atom stereocenters. The Balaban J connectivity index is 1.94. The minimum absolute atomic E-state index is 0.0161. The Labute approximate surface area is 165 Å². The van der Waals surface area contributed by atoms with Gasteiger partial charge in [0.1, 0.15) is 0 Å². The van der Waals surface area contributed by atoms with E-state index in [2.05, 4.69) is 14.8 Å². The van der Waals surface area contributed by atoms with Crippen LogP contribution in [0.5, 0.6) is 0 Å². The van der Waals surface area contributed by atoms with Gasteiger partial charge in [-0.15, -0.1) is 0 Å². The molecule has 0 radical (unpaired) electrons. The number of anilines is 1. The quantitative estimate of drug-likeness (QED) is 0.552. The van der Waals surface area contributed by atoms with Crippen LogP contribution in [0.1, 0.15) is 21.5 Å². The summed E-state index contributed by atoms with van der Waals surface area (Å²) in [7, 11) is -7.12. The lowest BCUT2D eigenvalue weighted by Gasteiger charge is -2.11. The summed E-state index contributed by atoms with van der Waals surface area (Å²) in [6.45, 7) is 3.67. The zero-order valence-corrected chi connectivity index (χ0v) is 17.4. The van der Waals surface area contributed by atoms with Crippen LogP contribution in [0, 0.1) is 13.8 Å². The largest absolute Gasteiger partial charge is 0.351 e. The molecule has 0 saturated carbocycles. The van der Waals surface area contributed by atoms with E-state index in [1.807, 2.05) is 6.92 Å². The van der Waals surface area contributed by atoms with Crippen molar-refractivity contribution in [2.24, 2.45) is 0 Å². The normalized spacial score (nSPS) is 11.8. The number of rotatable bonds is 8. The van der Waals surface area contributed by atoms with Gasteiger partial charge in [0.2, 0.25) is 20.0 Å². The molecule has 0 aliphatic rings. The highest BCUT2D eigenvalue weighted by Crippen LogP contribution is 2.18. The maximum absolute atomic E-state index is 12.2. The first-order valence-corrected chi connectivity index (χ1v) is 11.8. The van der Waals surface area contributed by atoms with Gasteiger partial charge in [-0.2, -0.15) is 0 Å². The Kier molecular flexibility index (Phi) is 6.81. The molecule has 10 heteroatoms. The van der Waals surface area contributed by atoms with Gasteiger partial charge in [0.05, 0.1) is 16.8 Å². The van der Waals surface area contributed by atoms with Crippen LogP contribution in [0.3, 0.4) is 0 Å². The van der Waals surface area contributed by atoms with E-state index in [9.17, 15) is 21.6 Å². The molecule has 0 bridgehead atoms. The van der Waals surface area contributed by atoms with Gasteiger partial charge in [-0.1, -0.05) is 23.8 Å². The van der Waals surface area contributed by atoms with E-state index in [-0.39, 0.29) is 23.5 Å². The molecular weight excluding hydrogens is 402 g/mol. The van der Waals surface area contributed by atoms with Crippen LogP contribution in [0.25, 0.3) is 0 Å². The average Bonchev–Trinajstić information content (AvgIpc) is 2.59. The van der Waals surface area contributed by atoms with Crippen LogP contribution in [-0.4, -0.2) is 42.1 Å². The molecule has 0 aliphatic carbocycles. The fraction of sp³-hybridized carbons (Fsp3) is 0.278. The zero-order valence-electron chi connectivity index (χ0n) is 15.8. The van der Waals surface area contributed by atoms with Crippen molar-refractivity contribution < 1.29 is 21.6 Å². The minimum Gasteiger partial charge on any atom is -0.351 e. The molecule has 8 nitrogen and oxygen atoms in total. The first kappa shape index (κ1) is 21.9. The molecular formula is C18H23N3O5S2. The molecule has 2 rings (SSSR count). The van der Waals surface area contributed by atoms with E-state index in [1.54, 1.807) is 31.2 Å². The fourth-order valence-corrected chi connectivity index (χ4v) is 3.99. The minimum atomic E-state index is -3.65. The van der Waals surface area contributed by atoms with Gasteiger partial charge in [0.15, 0.2) is 0 Å². The Hall–Kier alpha value is -2.43. The van der Waals surface area contributed by atoms with E-state index in [0.717, 1.165) is 11.8 Å². The molecule has 0 saturated heterocycles. The van der Waals surface area contributed by atoms with Crippen molar-refractivity contribution >= 4 is 31.6 Å². The maximum atomic E-state index is 12.2. The van der Waals surface area contributed by atoms with Gasteiger partial charge in [0, 0.05) is 18.7 Å². The molecule has 0 aliphatic heterocycles. The van der Waals surface area contributed by atoms with Gasteiger partial charge >= 0.3 is 0 Å². The number of aryl methyl sites for hydroxylation is 2. The second-order valence-corrected chi connectivity index (χ2v) is 9.89. The smallest absolute Gasteiger partial charge is 0.251 e. The second-order valence-electron chi connectivity index (χ2n) is 6.37. The molecule has 2 aromatic rings. The lowest BCUT2D eigenvalue weighted by atomic mass is 10.1. The number of hydrogen-bond acceptors (Lipinski definition) is 5. The van der Waals surface area contributed by atoms with Crippen molar-refractivity contribution in [2.45, 2.75) is 18.7 Å². The number of sulfonamides is 2. The molecule has 1 amide bonds. The summed E-state index contributed by atoms with van der Waals surface area (Å²) >= 11 is 0. The summed E-state index contributed by atoms with van der Waals surface area (Å²) in [5, 5.41) is 2.60. The topological polar surface area (TPSA) is 121 Å². The summed E-state index contributed by atoms with van der Waals surface area (Å²) in [5.41, 5.74) is 2.20. The third-order valence-electron chi connectivity index (χ3n) is 3.83. The zero-order chi connectivity index (χ0) is 20.9. The Morgan fingerprint density at radius 3 is 2.18 bits per heavy atom. The van der Waals surface area contributed by atoms with E-state index in [1.165, 1.54) is 18.2 Å². The van der Waals surface area contributed by atoms with Gasteiger partial charge in [-0.3, -0.25) is 9.52 Å². The second kappa shape index (κ2) is 8.72. The monoisotopic (exact) mass is 425 g/mol. The third-order valence-corrected chi connectivity index (χ3v) is 5.90. The fourth-order valence-electron chi connectivity index (χ4n) is 2.34. The SMILES string of the molecule is Cc1ccc(S(=O)(=O)NCCNC(=O)c2ccc(C)c(NS(C)(=O)=O)c2)cc1. The average molecular weight is 426 g/mol. The predicted octanol–water partition coefficient (Wildman–Crippen LogP) is 1.38. The first-order chi connectivity index (χ1) is 13.0. The number of carbonyl (C=O) groups excluding carboxylic acids is 1. The van der Waals surface area contributed by atoms with Crippen molar-refractivity contribution in [3.63, 3.8) is 0 Å². The molecule has 2 aromatic carbocycles. The lowest BCUT2D eigenvalue weighted by Crippen LogP contribution is -2.34. The number of nitrogens with one attached hydrogen (secondary N) is 3. The van der Waals surface area contributed by atoms with E-state index >= 15 is 0 Å². The van der Waals surface area contributed by atoms with Gasteiger partial charge in [0.25, 0.3) is 5.91 Å². The van der Waals surface area contributed by atoms with Crippen molar-refractivity contribution in [3.8, 4) is 0 Å². The summed E-state index contributed by atoms with van der Waals surface area (Å²) in [4.78, 5) is 12.4. The summed E-state index contributed by atoms with van der Waals surface area (Å²) in [5.74, 6) is -0.439. The van der Waals surface area contributed by atoms with E-state index in [0.29, 0.717) is 11.3 Å². The summed E-state index contributed by atoms with van der Waals surface area (Å²) in [6.07, 6.45) is 1.03. The highest BCUT2D eigenvalue weighted by molar-refractivity contribution is 7.92. The Morgan fingerprint density at radius 2 is 1.57 bits per heavy atom. The highest BCUT2D eigenvalue weighted by Gasteiger charge is 2.14. The van der Waals surface area contributed by atoms with Crippen LogP contribution < -0.4 is 14.8 Å². The number of benzene rings is 2. The molecule has 0 heterocycles. The number of amides is 1. The van der Waals surface area contributed by atoms with Gasteiger partial charge < -0.3 is 5.32 Å². The number of carbonyl (C=O) groups is 1. The third kappa shape index (κ3) is 6.32. The molecule has 152 valence electrons. The van der Waals surface area contributed by atoms with Crippen LogP contribution in [-0.2, 0) is 20.0 Å². The Bertz CT molecular complexity index is 1060. The standard InChI is InChI=1S/C18H23N3O5S2/c1-13-4-8-16(9-5-13)28(25,26)20-11-10-19-18(22)15-7-6-14(2)17(12-15)21-27(3,23)24/h4-9,12,20-21H,10-11H2,1-3H3,(H,19,22). The maximum Gasteiger partial charge on any atom is 0.251 e. The molecule has 0 aromatic heterocycles. The lowest BCUT2D eigenvalue weighted by molar-refractivity contribution is 0.0954. The van der Waals surface area contributed by atoms with Crippen LogP contribution >= 0.6 is 0 Å². The van der Waals surface area contributed by atoms with Crippen LogP contribution in [0.2, 0.25) is 0 Å². The molecule has 0 spiro atoms. The van der Waals surface area contributed by atoms with Crippen molar-refractivity contribution in [1.82, 2.24) is 10.0 Å². The van der Waals surface area contributed by atoms with Gasteiger partial charge in [-0.25, -0.2) is 21.6 Å². The van der Waals surface area contributed by atoms with E-state index < -0.39 is 26.0 Å². The number of hydrogen-bond donors (Lipinski definition) is 3. The van der Waals surface area contributed by atoms with Gasteiger partial charge in [-0.05, 0) is 43.7 Å². The molecule has 0 fully saturated rings. The van der Waals surface area contributed by atoms with Crippen LogP contribution in [0.15, 0.2) is 47.4 Å². The van der Waals surface area contributed by atoms with Crippen LogP contribution in [0.4, 0.5) is 5.69 Å². The highest BCUT2D eigenvalue weighted by atomic mass is 32.2. The van der Waals surface area contributed by atoms with Crippen molar-refractivity contribution in [2.75, 3.05) is 24.1 Å². The molecule has 0 atom stereocenters. The predicted molar refractivity (Wildman–Crippen MR) is 108 cm³/mol. The summed E-state index contributed by atoms with van der Waals surface area (Å²) in [6, 6.07) is 11.1. The van der Waals surface area contributed by atoms with Crippen molar-refractivity contribution in [3.05, 3.63) is 59.2 Å². The van der Waals surface area contributed by atoms with Crippen molar-refractivity contribution in [1.29, 1.82) is 0 Å². The molecule has 28 heavy (non-hydrogen) atoms. The van der Waals surface area contributed by atoms with E-state index in [4.69, 9.17) is 0 Å². The summed E-state index contributed by atoms with van der Waals surface area (Å²) < 4.78 is 51.9. The Morgan fingerprint density at radius 1 is 0.929 bits per heavy atom.